The zero-order valence-corrected chi connectivity index (χ0v) is 11.9. The normalized spacial score (nSPS) is 10.3. The van der Waals surface area contributed by atoms with Crippen molar-refractivity contribution >= 4 is 17.3 Å². The summed E-state index contributed by atoms with van der Waals surface area (Å²) in [5, 5.41) is 13.2. The number of nitro benzene ring substituents is 1. The summed E-state index contributed by atoms with van der Waals surface area (Å²) >= 11 is 0. The number of rotatable bonds is 7. The average molecular weight is 301 g/mol. The van der Waals surface area contributed by atoms with Gasteiger partial charge in [0, 0.05) is 32.1 Å². The Balaban J connectivity index is 2.78. The van der Waals surface area contributed by atoms with E-state index in [2.05, 4.69) is 5.32 Å². The van der Waals surface area contributed by atoms with Crippen molar-refractivity contribution in [2.45, 2.75) is 20.3 Å². The average Bonchev–Trinajstić information content (AvgIpc) is 2.44. The highest BCUT2D eigenvalue weighted by molar-refractivity contribution is 5.77. The summed E-state index contributed by atoms with van der Waals surface area (Å²) in [7, 11) is 0. The van der Waals surface area contributed by atoms with Crippen molar-refractivity contribution in [1.82, 2.24) is 4.90 Å². The van der Waals surface area contributed by atoms with Crippen molar-refractivity contribution in [3.8, 4) is 0 Å². The number of nitrogens with zero attached hydrogens (tertiary/aromatic N) is 2. The van der Waals surface area contributed by atoms with E-state index in [0.29, 0.717) is 19.2 Å². The zero-order chi connectivity index (χ0) is 16.0. The van der Waals surface area contributed by atoms with Gasteiger partial charge in [-0.3, -0.25) is 14.9 Å². The molecule has 0 bridgehead atoms. The van der Waals surface area contributed by atoms with Crippen LogP contribution in [0.4, 0.5) is 20.2 Å². The molecular weight excluding hydrogens is 284 g/mol. The molecule has 0 aliphatic heterocycles. The van der Waals surface area contributed by atoms with E-state index in [4.69, 9.17) is 0 Å². The predicted octanol–water partition coefficient (Wildman–Crippen LogP) is 2.54. The van der Waals surface area contributed by atoms with Crippen LogP contribution < -0.4 is 5.32 Å². The minimum Gasteiger partial charge on any atom is -0.376 e. The highest BCUT2D eigenvalue weighted by Gasteiger charge is 2.21. The van der Waals surface area contributed by atoms with Crippen LogP contribution in [0, 0.1) is 21.7 Å². The number of nitrogens with one attached hydrogen (secondary N) is 1. The minimum atomic E-state index is -1.32. The number of benzene rings is 1. The molecule has 0 fully saturated rings. The smallest absolute Gasteiger partial charge is 0.295 e. The molecule has 0 saturated carbocycles. The fourth-order valence-corrected chi connectivity index (χ4v) is 1.89. The summed E-state index contributed by atoms with van der Waals surface area (Å²) in [4.78, 5) is 23.3. The van der Waals surface area contributed by atoms with Gasteiger partial charge in [0.05, 0.1) is 4.92 Å². The number of nitro groups is 1. The molecule has 6 nitrogen and oxygen atoms in total. The molecule has 8 heteroatoms. The van der Waals surface area contributed by atoms with E-state index in [1.165, 1.54) is 0 Å². The number of hydrogen-bond acceptors (Lipinski definition) is 4. The van der Waals surface area contributed by atoms with Gasteiger partial charge in [-0.05, 0) is 19.9 Å². The molecule has 0 saturated heterocycles. The Bertz CT molecular complexity index is 534. The van der Waals surface area contributed by atoms with Gasteiger partial charge in [-0.25, -0.2) is 8.78 Å². The molecule has 21 heavy (non-hydrogen) atoms. The number of carbonyl (C=O) groups is 1. The molecule has 1 amide bonds. The lowest BCUT2D eigenvalue weighted by Gasteiger charge is -2.18. The minimum absolute atomic E-state index is 0.0173. The van der Waals surface area contributed by atoms with Crippen molar-refractivity contribution in [1.29, 1.82) is 0 Å². The van der Waals surface area contributed by atoms with Gasteiger partial charge in [-0.2, -0.15) is 0 Å². The number of amides is 1. The second-order valence-electron chi connectivity index (χ2n) is 4.26. The molecule has 0 aliphatic rings. The van der Waals surface area contributed by atoms with Crippen LogP contribution in [0.3, 0.4) is 0 Å². The molecule has 0 aromatic heterocycles. The molecule has 1 N–H and O–H groups in total. The van der Waals surface area contributed by atoms with Gasteiger partial charge in [-0.15, -0.1) is 0 Å². The second kappa shape index (κ2) is 7.51. The van der Waals surface area contributed by atoms with E-state index in [1.807, 2.05) is 13.8 Å². The molecule has 1 rings (SSSR count). The Hall–Kier alpha value is -2.25. The topological polar surface area (TPSA) is 75.5 Å². The maximum Gasteiger partial charge on any atom is 0.295 e. The van der Waals surface area contributed by atoms with Crippen LogP contribution in [0.5, 0.6) is 0 Å². The van der Waals surface area contributed by atoms with Gasteiger partial charge < -0.3 is 10.2 Å². The largest absolute Gasteiger partial charge is 0.376 e. The highest BCUT2D eigenvalue weighted by atomic mass is 19.2. The van der Waals surface area contributed by atoms with Gasteiger partial charge >= 0.3 is 0 Å². The van der Waals surface area contributed by atoms with Crippen LogP contribution in [-0.2, 0) is 4.79 Å². The van der Waals surface area contributed by atoms with Crippen molar-refractivity contribution in [2.24, 2.45) is 0 Å². The van der Waals surface area contributed by atoms with E-state index in [1.54, 1.807) is 4.90 Å². The summed E-state index contributed by atoms with van der Waals surface area (Å²) < 4.78 is 26.7. The third-order valence-corrected chi connectivity index (χ3v) is 3.03. The Morgan fingerprint density at radius 3 is 2.48 bits per heavy atom. The number of anilines is 1. The Labute approximate surface area is 120 Å². The molecule has 0 radical (unpaired) electrons. The fourth-order valence-electron chi connectivity index (χ4n) is 1.89. The fraction of sp³-hybridized carbons (Fsp3) is 0.462. The number of carbonyl (C=O) groups excluding carboxylic acids is 1. The van der Waals surface area contributed by atoms with E-state index >= 15 is 0 Å². The maximum absolute atomic E-state index is 13.6. The summed E-state index contributed by atoms with van der Waals surface area (Å²) in [6.07, 6.45) is 0.0365. The van der Waals surface area contributed by atoms with E-state index in [-0.39, 0.29) is 18.9 Å². The quantitative estimate of drug-likeness (QED) is 0.620. The van der Waals surface area contributed by atoms with Gasteiger partial charge in [0.15, 0.2) is 17.3 Å². The molecule has 0 unspecified atom stereocenters. The lowest BCUT2D eigenvalue weighted by Crippen LogP contribution is -2.31. The third-order valence-electron chi connectivity index (χ3n) is 3.03. The van der Waals surface area contributed by atoms with E-state index < -0.39 is 27.9 Å². The third kappa shape index (κ3) is 4.11. The first kappa shape index (κ1) is 16.8. The van der Waals surface area contributed by atoms with Crippen LogP contribution in [0.25, 0.3) is 0 Å². The first-order chi connectivity index (χ1) is 9.92. The molecule has 1 aromatic rings. The number of halogens is 2. The summed E-state index contributed by atoms with van der Waals surface area (Å²) in [5.41, 5.74) is -1.10. The number of hydrogen-bond donors (Lipinski definition) is 1. The Morgan fingerprint density at radius 2 is 1.95 bits per heavy atom. The predicted molar refractivity (Wildman–Crippen MR) is 74.0 cm³/mol. The Kier molecular flexibility index (Phi) is 6.01. The monoisotopic (exact) mass is 301 g/mol. The van der Waals surface area contributed by atoms with Gasteiger partial charge in [0.2, 0.25) is 5.91 Å². The van der Waals surface area contributed by atoms with E-state index in [0.717, 1.165) is 6.07 Å². The first-order valence-electron chi connectivity index (χ1n) is 6.56. The summed E-state index contributed by atoms with van der Waals surface area (Å²) in [6, 6.07) is 1.58. The first-order valence-corrected chi connectivity index (χ1v) is 6.56. The van der Waals surface area contributed by atoms with Crippen LogP contribution >= 0.6 is 0 Å². The van der Waals surface area contributed by atoms with Crippen LogP contribution in [-0.4, -0.2) is 35.4 Å². The van der Waals surface area contributed by atoms with Crippen molar-refractivity contribution < 1.29 is 18.5 Å². The lowest BCUT2D eigenvalue weighted by atomic mass is 10.2. The molecule has 0 heterocycles. The van der Waals surface area contributed by atoms with E-state index in [9.17, 15) is 23.7 Å². The van der Waals surface area contributed by atoms with Gasteiger partial charge in [0.25, 0.3) is 5.69 Å². The maximum atomic E-state index is 13.6. The SMILES string of the molecule is CCN(CC)C(=O)CCNc1c([N+](=O)[O-])ccc(F)c1F. The molecule has 0 atom stereocenters. The van der Waals surface area contributed by atoms with Gasteiger partial charge in [-0.1, -0.05) is 0 Å². The molecule has 0 spiro atoms. The zero-order valence-electron chi connectivity index (χ0n) is 11.9. The van der Waals surface area contributed by atoms with Crippen molar-refractivity contribution in [3.63, 3.8) is 0 Å². The van der Waals surface area contributed by atoms with Crippen LogP contribution in [0.15, 0.2) is 12.1 Å². The molecular formula is C13H17F2N3O3. The second-order valence-corrected chi connectivity index (χ2v) is 4.26. The molecule has 1 aromatic carbocycles. The molecule has 116 valence electrons. The molecule has 0 aliphatic carbocycles. The van der Waals surface area contributed by atoms with Crippen LogP contribution in [0.1, 0.15) is 20.3 Å². The Morgan fingerprint density at radius 1 is 1.33 bits per heavy atom. The van der Waals surface area contributed by atoms with Crippen molar-refractivity contribution in [3.05, 3.63) is 33.9 Å². The van der Waals surface area contributed by atoms with Crippen LogP contribution in [0.2, 0.25) is 0 Å². The summed E-state index contributed by atoms with van der Waals surface area (Å²) in [5.74, 6) is -2.66. The van der Waals surface area contributed by atoms with Gasteiger partial charge in [0.1, 0.15) is 0 Å². The highest BCUT2D eigenvalue weighted by Crippen LogP contribution is 2.28. The van der Waals surface area contributed by atoms with Crippen molar-refractivity contribution in [2.75, 3.05) is 25.0 Å². The summed E-state index contributed by atoms with van der Waals surface area (Å²) in [6.45, 7) is 4.72. The standard InChI is InChI=1S/C13H17F2N3O3/c1-3-17(4-2)11(19)7-8-16-13-10(18(20)21)6-5-9(14)12(13)15/h5-6,16H,3-4,7-8H2,1-2H3. The lowest BCUT2D eigenvalue weighted by molar-refractivity contribution is -0.384.